The average Bonchev–Trinajstić information content (AvgIpc) is 2.55. The highest BCUT2D eigenvalue weighted by atomic mass is 28.2. The Kier molecular flexibility index (Phi) is 5.85. The fourth-order valence-electron chi connectivity index (χ4n) is 2.33. The van der Waals surface area contributed by atoms with Gasteiger partial charge in [0.25, 0.3) is 0 Å². The van der Waals surface area contributed by atoms with Gasteiger partial charge in [-0.15, -0.1) is 0 Å². The molecular formula is C17H21FO3Si. The van der Waals surface area contributed by atoms with Gasteiger partial charge in [0.15, 0.2) is 10.5 Å². The smallest absolute Gasteiger partial charge is 0.301 e. The third kappa shape index (κ3) is 3.62. The number of rotatable bonds is 7. The zero-order valence-corrected chi connectivity index (χ0v) is 15.1. The standard InChI is InChI=1S/C17H21FO3Si/c1-3-19-17(21-22,20-4-2)15-9-5-13(6-10-15)14-7-11-16(18)12-8-14/h5-12H,3-4H2,1-2,22H3. The van der Waals surface area contributed by atoms with Gasteiger partial charge < -0.3 is 13.9 Å². The lowest BCUT2D eigenvalue weighted by Crippen LogP contribution is -2.35. The summed E-state index contributed by atoms with van der Waals surface area (Å²) in [6, 6.07) is 14.2. The number of benzene rings is 2. The first-order valence-electron chi connectivity index (χ1n) is 7.34. The van der Waals surface area contributed by atoms with E-state index >= 15 is 0 Å². The third-order valence-electron chi connectivity index (χ3n) is 3.35. The Hall–Kier alpha value is -1.53. The molecule has 0 N–H and O–H groups in total. The van der Waals surface area contributed by atoms with Gasteiger partial charge in [-0.3, -0.25) is 0 Å². The van der Waals surface area contributed by atoms with Gasteiger partial charge in [0.2, 0.25) is 0 Å². The van der Waals surface area contributed by atoms with Gasteiger partial charge in [-0.1, -0.05) is 36.4 Å². The second-order valence-corrected chi connectivity index (χ2v) is 5.12. The molecule has 0 aromatic heterocycles. The van der Waals surface area contributed by atoms with Crippen LogP contribution in [0.1, 0.15) is 19.4 Å². The Morgan fingerprint density at radius 1 is 0.864 bits per heavy atom. The van der Waals surface area contributed by atoms with Crippen LogP contribution < -0.4 is 0 Å². The summed E-state index contributed by atoms with van der Waals surface area (Å²) in [7, 11) is 0.491. The van der Waals surface area contributed by atoms with E-state index in [9.17, 15) is 4.39 Å². The van der Waals surface area contributed by atoms with Crippen molar-refractivity contribution in [2.45, 2.75) is 19.8 Å². The van der Waals surface area contributed by atoms with Crippen molar-refractivity contribution >= 4 is 10.5 Å². The molecule has 3 nitrogen and oxygen atoms in total. The highest BCUT2D eigenvalue weighted by molar-refractivity contribution is 5.98. The van der Waals surface area contributed by atoms with Crippen molar-refractivity contribution < 1.29 is 18.3 Å². The Morgan fingerprint density at radius 3 is 1.73 bits per heavy atom. The highest BCUT2D eigenvalue weighted by Gasteiger charge is 2.33. The largest absolute Gasteiger partial charge is 0.376 e. The van der Waals surface area contributed by atoms with Crippen LogP contribution in [0.25, 0.3) is 11.1 Å². The molecule has 2 aromatic rings. The van der Waals surface area contributed by atoms with E-state index in [0.29, 0.717) is 23.7 Å². The summed E-state index contributed by atoms with van der Waals surface area (Å²) in [6.45, 7) is 4.78. The van der Waals surface area contributed by atoms with Gasteiger partial charge in [-0.2, -0.15) is 0 Å². The van der Waals surface area contributed by atoms with Crippen LogP contribution in [0.2, 0.25) is 0 Å². The van der Waals surface area contributed by atoms with E-state index in [-0.39, 0.29) is 5.82 Å². The van der Waals surface area contributed by atoms with E-state index < -0.39 is 5.97 Å². The van der Waals surface area contributed by atoms with Crippen molar-refractivity contribution in [2.75, 3.05) is 13.2 Å². The van der Waals surface area contributed by atoms with E-state index in [0.717, 1.165) is 16.7 Å². The van der Waals surface area contributed by atoms with Crippen LogP contribution in [-0.4, -0.2) is 23.7 Å². The molecule has 0 amide bonds. The molecule has 0 unspecified atom stereocenters. The molecule has 0 aliphatic rings. The second kappa shape index (κ2) is 7.65. The summed E-state index contributed by atoms with van der Waals surface area (Å²) in [5, 5.41) is 0. The molecule has 0 aliphatic heterocycles. The Labute approximate surface area is 133 Å². The molecule has 2 aromatic carbocycles. The van der Waals surface area contributed by atoms with E-state index in [1.807, 2.05) is 38.1 Å². The molecule has 0 saturated heterocycles. The minimum atomic E-state index is -1.13. The quantitative estimate of drug-likeness (QED) is 0.580. The van der Waals surface area contributed by atoms with Crippen LogP contribution in [0.5, 0.6) is 0 Å². The number of halogens is 1. The zero-order chi connectivity index (χ0) is 16.0. The maximum Gasteiger partial charge on any atom is 0.301 e. The van der Waals surface area contributed by atoms with Crippen molar-refractivity contribution in [3.63, 3.8) is 0 Å². The highest BCUT2D eigenvalue weighted by Crippen LogP contribution is 2.30. The summed E-state index contributed by atoms with van der Waals surface area (Å²) in [5.41, 5.74) is 2.77. The van der Waals surface area contributed by atoms with Gasteiger partial charge >= 0.3 is 5.97 Å². The molecule has 0 bridgehead atoms. The molecule has 2 rings (SSSR count). The Bertz CT molecular complexity index is 578. The lowest BCUT2D eigenvalue weighted by Gasteiger charge is -2.32. The normalized spacial score (nSPS) is 11.8. The molecule has 0 fully saturated rings. The molecule has 0 spiro atoms. The van der Waals surface area contributed by atoms with E-state index in [1.165, 1.54) is 12.1 Å². The van der Waals surface area contributed by atoms with Gasteiger partial charge in [0, 0.05) is 18.8 Å². The maximum atomic E-state index is 13.0. The predicted molar refractivity (Wildman–Crippen MR) is 87.8 cm³/mol. The first kappa shape index (κ1) is 16.8. The van der Waals surface area contributed by atoms with Crippen LogP contribution in [-0.2, 0) is 19.9 Å². The molecular weight excluding hydrogens is 299 g/mol. The molecule has 0 saturated carbocycles. The zero-order valence-electron chi connectivity index (χ0n) is 13.1. The van der Waals surface area contributed by atoms with E-state index in [1.54, 1.807) is 12.1 Å². The van der Waals surface area contributed by atoms with Crippen molar-refractivity contribution in [3.05, 3.63) is 59.9 Å². The van der Waals surface area contributed by atoms with Crippen molar-refractivity contribution in [2.24, 2.45) is 0 Å². The first-order valence-corrected chi connectivity index (χ1v) is 8.16. The third-order valence-corrected chi connectivity index (χ3v) is 3.89. The van der Waals surface area contributed by atoms with E-state index in [2.05, 4.69) is 0 Å². The van der Waals surface area contributed by atoms with Crippen molar-refractivity contribution in [1.82, 2.24) is 0 Å². The summed E-state index contributed by atoms with van der Waals surface area (Å²) in [4.78, 5) is 0. The average molecular weight is 320 g/mol. The minimum Gasteiger partial charge on any atom is -0.376 e. The van der Waals surface area contributed by atoms with Gasteiger partial charge in [-0.05, 0) is 37.1 Å². The topological polar surface area (TPSA) is 27.7 Å². The molecule has 0 atom stereocenters. The fourth-order valence-corrected chi connectivity index (χ4v) is 2.80. The van der Waals surface area contributed by atoms with E-state index in [4.69, 9.17) is 13.9 Å². The fraction of sp³-hybridized carbons (Fsp3) is 0.294. The van der Waals surface area contributed by atoms with Crippen LogP contribution >= 0.6 is 0 Å². The van der Waals surface area contributed by atoms with Gasteiger partial charge in [0.1, 0.15) is 5.82 Å². The summed E-state index contributed by atoms with van der Waals surface area (Å²) in [5.74, 6) is -1.37. The number of hydrogen-bond donors (Lipinski definition) is 0. The van der Waals surface area contributed by atoms with Crippen LogP contribution in [0.4, 0.5) is 4.39 Å². The minimum absolute atomic E-state index is 0.239. The molecule has 0 radical (unpaired) electrons. The Balaban J connectivity index is 2.31. The molecule has 118 valence electrons. The lowest BCUT2D eigenvalue weighted by molar-refractivity contribution is -0.352. The van der Waals surface area contributed by atoms with Gasteiger partial charge in [0.05, 0.1) is 0 Å². The SMILES string of the molecule is CCOC(O[SiH3])(OCC)c1ccc(-c2ccc(F)cc2)cc1. The van der Waals surface area contributed by atoms with Crippen LogP contribution in [0.15, 0.2) is 48.5 Å². The van der Waals surface area contributed by atoms with Crippen LogP contribution in [0, 0.1) is 5.82 Å². The van der Waals surface area contributed by atoms with Crippen LogP contribution in [0.3, 0.4) is 0 Å². The monoisotopic (exact) mass is 320 g/mol. The first-order chi connectivity index (χ1) is 10.6. The number of hydrogen-bond acceptors (Lipinski definition) is 3. The summed E-state index contributed by atoms with van der Waals surface area (Å²) >= 11 is 0. The maximum absolute atomic E-state index is 13.0. The van der Waals surface area contributed by atoms with Crippen molar-refractivity contribution in [1.29, 1.82) is 0 Å². The van der Waals surface area contributed by atoms with Crippen molar-refractivity contribution in [3.8, 4) is 11.1 Å². The number of ether oxygens (including phenoxy) is 2. The molecule has 22 heavy (non-hydrogen) atoms. The Morgan fingerprint density at radius 2 is 1.32 bits per heavy atom. The molecule has 0 aliphatic carbocycles. The summed E-state index contributed by atoms with van der Waals surface area (Å²) in [6.07, 6.45) is 0. The molecule has 0 heterocycles. The summed E-state index contributed by atoms with van der Waals surface area (Å²) < 4.78 is 30.0. The van der Waals surface area contributed by atoms with Gasteiger partial charge in [-0.25, -0.2) is 4.39 Å². The lowest BCUT2D eigenvalue weighted by atomic mass is 10.0. The molecule has 5 heteroatoms. The predicted octanol–water partition coefficient (Wildman–Crippen LogP) is 2.97. The second-order valence-electron chi connectivity index (χ2n) is 4.71.